The highest BCUT2D eigenvalue weighted by Crippen LogP contribution is 2.39. The van der Waals surface area contributed by atoms with Gasteiger partial charge in [-0.25, -0.2) is 0 Å². The molecule has 0 fully saturated rings. The van der Waals surface area contributed by atoms with Crippen LogP contribution >= 0.6 is 11.3 Å². The van der Waals surface area contributed by atoms with Crippen LogP contribution in [0.5, 0.6) is 5.75 Å². The number of halogens is 3. The number of aryl methyl sites for hydroxylation is 2. The number of rotatable bonds is 9. The van der Waals surface area contributed by atoms with Gasteiger partial charge in [-0.15, -0.1) is 11.3 Å². The smallest absolute Gasteiger partial charge is 0.416 e. The molecule has 1 atom stereocenters. The van der Waals surface area contributed by atoms with Gasteiger partial charge in [0.2, 0.25) is 0 Å². The fourth-order valence-corrected chi connectivity index (χ4v) is 5.23. The van der Waals surface area contributed by atoms with Gasteiger partial charge in [0.25, 0.3) is 5.91 Å². The van der Waals surface area contributed by atoms with Gasteiger partial charge in [-0.3, -0.25) is 9.59 Å². The molecule has 1 heterocycles. The molecule has 2 aromatic carbocycles. The average molecular weight is 562 g/mol. The fourth-order valence-electron chi connectivity index (χ4n) is 4.32. The van der Waals surface area contributed by atoms with Crippen molar-refractivity contribution in [3.05, 3.63) is 75.0 Å². The Morgan fingerprint density at radius 2 is 1.62 bits per heavy atom. The van der Waals surface area contributed by atoms with Gasteiger partial charge in [0.05, 0.1) is 24.7 Å². The highest BCUT2D eigenvalue weighted by molar-refractivity contribution is 7.10. The average Bonchev–Trinajstić information content (AvgIpc) is 3.32. The maximum absolute atomic E-state index is 13.0. The topological polar surface area (TPSA) is 64.6 Å². The van der Waals surface area contributed by atoms with E-state index in [0.717, 1.165) is 33.7 Å². The minimum Gasteiger partial charge on any atom is -0.485 e. The van der Waals surface area contributed by atoms with Crippen LogP contribution in [-0.2, 0) is 15.7 Å². The molecule has 0 bridgehead atoms. The van der Waals surface area contributed by atoms with Crippen LogP contribution in [-0.4, -0.2) is 25.5 Å². The zero-order valence-electron chi connectivity index (χ0n) is 23.0. The van der Waals surface area contributed by atoms with Crippen molar-refractivity contribution in [2.45, 2.75) is 59.7 Å². The van der Waals surface area contributed by atoms with Crippen molar-refractivity contribution in [1.29, 1.82) is 0 Å². The van der Waals surface area contributed by atoms with Gasteiger partial charge >= 0.3 is 12.1 Å². The Labute approximate surface area is 231 Å². The lowest BCUT2D eigenvalue weighted by Crippen LogP contribution is -2.26. The van der Waals surface area contributed by atoms with Crippen molar-refractivity contribution in [2.75, 3.05) is 13.7 Å². The van der Waals surface area contributed by atoms with Crippen molar-refractivity contribution in [3.63, 3.8) is 0 Å². The Morgan fingerprint density at radius 3 is 2.15 bits per heavy atom. The second-order valence-electron chi connectivity index (χ2n) is 10.7. The Balaban J connectivity index is 1.83. The minimum atomic E-state index is -4.38. The van der Waals surface area contributed by atoms with Crippen LogP contribution in [0.15, 0.2) is 47.8 Å². The zero-order chi connectivity index (χ0) is 29.0. The molecule has 1 amide bonds. The third-order valence-electron chi connectivity index (χ3n) is 6.12. The molecule has 0 radical (unpaired) electrons. The Bertz CT molecular complexity index is 1280. The first-order valence-electron chi connectivity index (χ1n) is 12.6. The van der Waals surface area contributed by atoms with Crippen LogP contribution in [0.1, 0.15) is 71.6 Å². The van der Waals surface area contributed by atoms with Crippen molar-refractivity contribution in [2.24, 2.45) is 5.41 Å². The summed E-state index contributed by atoms with van der Waals surface area (Å²) in [6, 6.07) is 10.8. The van der Waals surface area contributed by atoms with Crippen LogP contribution in [0.3, 0.4) is 0 Å². The number of thiophene rings is 1. The van der Waals surface area contributed by atoms with Gasteiger partial charge in [-0.2, -0.15) is 13.2 Å². The van der Waals surface area contributed by atoms with Crippen LogP contribution in [0.25, 0.3) is 11.1 Å². The lowest BCUT2D eigenvalue weighted by atomic mass is 9.88. The molecule has 0 saturated carbocycles. The minimum absolute atomic E-state index is 0.0676. The van der Waals surface area contributed by atoms with Crippen LogP contribution in [0.2, 0.25) is 0 Å². The third-order valence-corrected chi connectivity index (χ3v) is 7.15. The lowest BCUT2D eigenvalue weighted by molar-refractivity contribution is -0.140. The summed E-state index contributed by atoms with van der Waals surface area (Å²) < 4.78 is 50.1. The van der Waals surface area contributed by atoms with Crippen LogP contribution in [0, 0.1) is 19.3 Å². The summed E-state index contributed by atoms with van der Waals surface area (Å²) in [5.41, 5.74) is 3.09. The van der Waals surface area contributed by atoms with Gasteiger partial charge < -0.3 is 14.8 Å². The Morgan fingerprint density at radius 1 is 1.00 bits per heavy atom. The molecule has 210 valence electrons. The second kappa shape index (κ2) is 12.2. The molecule has 1 unspecified atom stereocenters. The number of methoxy groups -OCH3 is 1. The predicted octanol–water partition coefficient (Wildman–Crippen LogP) is 7.90. The first-order valence-corrected chi connectivity index (χ1v) is 13.4. The van der Waals surface area contributed by atoms with Crippen LogP contribution in [0.4, 0.5) is 13.2 Å². The Kier molecular flexibility index (Phi) is 9.48. The van der Waals surface area contributed by atoms with E-state index in [1.807, 2.05) is 32.0 Å². The summed E-state index contributed by atoms with van der Waals surface area (Å²) in [5.74, 6) is -0.0224. The largest absolute Gasteiger partial charge is 0.485 e. The molecular formula is C30H34F3NO4S. The number of carbonyl (C=O) groups excluding carboxylic acids is 2. The van der Waals surface area contributed by atoms with Gasteiger partial charge in [0.15, 0.2) is 0 Å². The van der Waals surface area contributed by atoms with E-state index in [1.54, 1.807) is 5.38 Å². The number of benzene rings is 2. The molecule has 1 aromatic heterocycles. The summed E-state index contributed by atoms with van der Waals surface area (Å²) in [6.45, 7) is 10.3. The number of alkyl halides is 3. The third kappa shape index (κ3) is 8.33. The molecule has 0 aliphatic carbocycles. The predicted molar refractivity (Wildman–Crippen MR) is 147 cm³/mol. The standard InChI is InChI=1S/C30H34F3NO4S/c1-18-13-23(14-19(2)27(18)20-7-9-22(10-8-20)30(31,32)33)38-24(16-29(3,4)5)25-15-21(17-39-25)28(36)34-12-11-26(35)37-6/h7-10,13-15,17,24H,11-12,16H2,1-6H3,(H,34,36). The summed E-state index contributed by atoms with van der Waals surface area (Å²) in [4.78, 5) is 24.8. The van der Waals surface area contributed by atoms with Crippen molar-refractivity contribution < 1.29 is 32.2 Å². The van der Waals surface area contributed by atoms with E-state index in [0.29, 0.717) is 23.3 Å². The van der Waals surface area contributed by atoms with Gasteiger partial charge in [-0.05, 0) is 78.3 Å². The lowest BCUT2D eigenvalue weighted by Gasteiger charge is -2.27. The summed E-state index contributed by atoms with van der Waals surface area (Å²) in [6.07, 6.45) is -3.91. The SMILES string of the molecule is COC(=O)CCNC(=O)c1csc(C(CC(C)(C)C)Oc2cc(C)c(-c3ccc(C(F)(F)F)cc3)c(C)c2)c1. The maximum Gasteiger partial charge on any atom is 0.416 e. The van der Waals surface area contributed by atoms with E-state index in [9.17, 15) is 22.8 Å². The van der Waals surface area contributed by atoms with E-state index in [4.69, 9.17) is 4.74 Å². The first-order chi connectivity index (χ1) is 18.2. The molecule has 39 heavy (non-hydrogen) atoms. The van der Waals surface area contributed by atoms with Gasteiger partial charge in [0, 0.05) is 16.8 Å². The quantitative estimate of drug-likeness (QED) is 0.270. The highest BCUT2D eigenvalue weighted by atomic mass is 32.1. The molecule has 0 aliphatic heterocycles. The number of hydrogen-bond acceptors (Lipinski definition) is 5. The molecule has 0 spiro atoms. The number of esters is 1. The van der Waals surface area contributed by atoms with Gasteiger partial charge in [-0.1, -0.05) is 32.9 Å². The first kappa shape index (κ1) is 30.2. The number of nitrogens with one attached hydrogen (secondary N) is 1. The molecule has 3 aromatic rings. The Hall–Kier alpha value is -3.33. The normalized spacial score (nSPS) is 12.6. The molecule has 5 nitrogen and oxygen atoms in total. The molecular weight excluding hydrogens is 527 g/mol. The molecule has 0 aliphatic rings. The highest BCUT2D eigenvalue weighted by Gasteiger charge is 2.30. The van der Waals surface area contributed by atoms with E-state index in [2.05, 4.69) is 30.8 Å². The second-order valence-corrected chi connectivity index (χ2v) is 11.6. The molecule has 3 rings (SSSR count). The maximum atomic E-state index is 13.0. The molecule has 1 N–H and O–H groups in total. The van der Waals surface area contributed by atoms with Crippen LogP contribution < -0.4 is 10.1 Å². The van der Waals surface area contributed by atoms with E-state index < -0.39 is 17.7 Å². The molecule has 0 saturated heterocycles. The van der Waals surface area contributed by atoms with E-state index in [1.165, 1.54) is 30.6 Å². The number of ether oxygens (including phenoxy) is 2. The van der Waals surface area contributed by atoms with Crippen molar-refractivity contribution >= 4 is 23.2 Å². The van der Waals surface area contributed by atoms with Crippen molar-refractivity contribution in [1.82, 2.24) is 5.32 Å². The number of carbonyl (C=O) groups is 2. The monoisotopic (exact) mass is 561 g/mol. The van der Waals surface area contributed by atoms with E-state index >= 15 is 0 Å². The number of hydrogen-bond donors (Lipinski definition) is 1. The fraction of sp³-hybridized carbons (Fsp3) is 0.400. The molecule has 9 heteroatoms. The van der Waals surface area contributed by atoms with E-state index in [-0.39, 0.29) is 30.4 Å². The summed E-state index contributed by atoms with van der Waals surface area (Å²) in [7, 11) is 1.30. The van der Waals surface area contributed by atoms with Crippen molar-refractivity contribution in [3.8, 4) is 16.9 Å². The summed E-state index contributed by atoms with van der Waals surface area (Å²) in [5, 5.41) is 4.50. The van der Waals surface area contributed by atoms with Gasteiger partial charge in [0.1, 0.15) is 11.9 Å². The number of amides is 1. The zero-order valence-corrected chi connectivity index (χ0v) is 23.8. The summed E-state index contributed by atoms with van der Waals surface area (Å²) >= 11 is 1.43.